The number of carbonyl (C=O) groups is 1. The van der Waals surface area contributed by atoms with Gasteiger partial charge in [-0.2, -0.15) is 5.10 Å². The van der Waals surface area contributed by atoms with Gasteiger partial charge in [-0.1, -0.05) is 29.8 Å². The standard InChI is InChI=1S/C16H14ClN3O4S/c1-20-13(16(21)24-2)9-15(18-20)19-25(22,23)14-5-3-4-10-6-7-11(17)8-12(10)14/h3-9H,1-2H3,(H,18,19). The molecule has 0 spiro atoms. The van der Waals surface area contributed by atoms with Gasteiger partial charge in [0, 0.05) is 23.5 Å². The van der Waals surface area contributed by atoms with Crippen molar-refractivity contribution in [3.8, 4) is 0 Å². The Kier molecular flexibility index (Phi) is 4.40. The molecule has 3 aromatic rings. The summed E-state index contributed by atoms with van der Waals surface area (Å²) in [5.74, 6) is -0.598. The van der Waals surface area contributed by atoms with Crippen molar-refractivity contribution in [1.29, 1.82) is 0 Å². The highest BCUT2D eigenvalue weighted by Crippen LogP contribution is 2.27. The Morgan fingerprint density at radius 2 is 2.00 bits per heavy atom. The van der Waals surface area contributed by atoms with E-state index in [-0.39, 0.29) is 16.4 Å². The van der Waals surface area contributed by atoms with E-state index >= 15 is 0 Å². The predicted molar refractivity (Wildman–Crippen MR) is 94.3 cm³/mol. The second-order valence-electron chi connectivity index (χ2n) is 5.26. The van der Waals surface area contributed by atoms with Crippen LogP contribution in [0.4, 0.5) is 5.82 Å². The minimum atomic E-state index is -3.93. The van der Waals surface area contributed by atoms with Crippen molar-refractivity contribution in [2.45, 2.75) is 4.90 Å². The fourth-order valence-corrected chi connectivity index (χ4v) is 3.84. The number of aromatic nitrogens is 2. The van der Waals surface area contributed by atoms with Crippen molar-refractivity contribution in [3.05, 3.63) is 53.2 Å². The number of sulfonamides is 1. The van der Waals surface area contributed by atoms with Crippen LogP contribution in [0, 0.1) is 0 Å². The van der Waals surface area contributed by atoms with Gasteiger partial charge < -0.3 is 4.74 Å². The lowest BCUT2D eigenvalue weighted by molar-refractivity contribution is 0.0588. The zero-order chi connectivity index (χ0) is 18.2. The van der Waals surface area contributed by atoms with E-state index in [1.165, 1.54) is 31.0 Å². The summed E-state index contributed by atoms with van der Waals surface area (Å²) in [6.45, 7) is 0. The Hall–Kier alpha value is -2.58. The van der Waals surface area contributed by atoms with E-state index in [9.17, 15) is 13.2 Å². The molecule has 0 fully saturated rings. The van der Waals surface area contributed by atoms with Gasteiger partial charge in [-0.05, 0) is 23.6 Å². The fourth-order valence-electron chi connectivity index (χ4n) is 2.46. The molecule has 0 saturated heterocycles. The maximum Gasteiger partial charge on any atom is 0.356 e. The zero-order valence-corrected chi connectivity index (χ0v) is 14.9. The number of anilines is 1. The van der Waals surface area contributed by atoms with Crippen molar-refractivity contribution in [1.82, 2.24) is 9.78 Å². The molecule has 9 heteroatoms. The van der Waals surface area contributed by atoms with E-state index in [2.05, 4.69) is 14.6 Å². The number of benzene rings is 2. The van der Waals surface area contributed by atoms with Crippen molar-refractivity contribution >= 4 is 44.2 Å². The number of fused-ring (bicyclic) bond motifs is 1. The molecule has 1 heterocycles. The van der Waals surface area contributed by atoms with Gasteiger partial charge in [0.2, 0.25) is 0 Å². The minimum absolute atomic E-state index is 0.0157. The largest absolute Gasteiger partial charge is 0.464 e. The van der Waals surface area contributed by atoms with Gasteiger partial charge >= 0.3 is 5.97 Å². The van der Waals surface area contributed by atoms with Crippen LogP contribution in [0.3, 0.4) is 0 Å². The van der Waals surface area contributed by atoms with Crippen molar-refractivity contribution < 1.29 is 17.9 Å². The predicted octanol–water partition coefficient (Wildman–Crippen LogP) is 2.81. The number of methoxy groups -OCH3 is 1. The molecule has 1 N–H and O–H groups in total. The highest BCUT2D eigenvalue weighted by atomic mass is 35.5. The van der Waals surface area contributed by atoms with E-state index in [1.54, 1.807) is 30.3 Å². The van der Waals surface area contributed by atoms with Crippen molar-refractivity contribution in [2.24, 2.45) is 7.05 Å². The second kappa shape index (κ2) is 6.38. The molecule has 0 saturated carbocycles. The molecule has 0 unspecified atom stereocenters. The van der Waals surface area contributed by atoms with Crippen LogP contribution in [0.5, 0.6) is 0 Å². The van der Waals surface area contributed by atoms with Gasteiger partial charge in [0.15, 0.2) is 5.82 Å². The molecule has 0 atom stereocenters. The molecule has 0 radical (unpaired) electrons. The summed E-state index contributed by atoms with van der Waals surface area (Å²) in [6, 6.07) is 11.2. The first-order chi connectivity index (χ1) is 11.8. The lowest BCUT2D eigenvalue weighted by Crippen LogP contribution is -2.14. The first-order valence-electron chi connectivity index (χ1n) is 7.15. The third-order valence-corrected chi connectivity index (χ3v) is 5.25. The first-order valence-corrected chi connectivity index (χ1v) is 9.01. The van der Waals surface area contributed by atoms with E-state index < -0.39 is 16.0 Å². The topological polar surface area (TPSA) is 90.3 Å². The number of nitrogens with zero attached hydrogens (tertiary/aromatic N) is 2. The average Bonchev–Trinajstić information content (AvgIpc) is 2.93. The molecule has 0 bridgehead atoms. The average molecular weight is 380 g/mol. The zero-order valence-electron chi connectivity index (χ0n) is 13.4. The summed E-state index contributed by atoms with van der Waals surface area (Å²) >= 11 is 5.99. The van der Waals surface area contributed by atoms with Crippen LogP contribution in [-0.2, 0) is 21.8 Å². The van der Waals surface area contributed by atoms with Crippen LogP contribution < -0.4 is 4.72 Å². The van der Waals surface area contributed by atoms with Gasteiger partial charge in [-0.25, -0.2) is 13.2 Å². The maximum absolute atomic E-state index is 12.8. The Balaban J connectivity index is 2.04. The SMILES string of the molecule is COC(=O)c1cc(NS(=O)(=O)c2cccc3ccc(Cl)cc23)nn1C. The molecular formula is C16H14ClN3O4S. The van der Waals surface area contributed by atoms with Crippen LogP contribution >= 0.6 is 11.6 Å². The minimum Gasteiger partial charge on any atom is -0.464 e. The number of aryl methyl sites for hydroxylation is 1. The second-order valence-corrected chi connectivity index (χ2v) is 7.34. The molecule has 2 aromatic carbocycles. The number of hydrogen-bond donors (Lipinski definition) is 1. The van der Waals surface area contributed by atoms with Gasteiger partial charge in [-0.3, -0.25) is 9.40 Å². The number of rotatable bonds is 4. The lowest BCUT2D eigenvalue weighted by Gasteiger charge is -2.09. The van der Waals surface area contributed by atoms with E-state index in [0.29, 0.717) is 10.4 Å². The van der Waals surface area contributed by atoms with Gasteiger partial charge in [0.1, 0.15) is 5.69 Å². The summed E-state index contributed by atoms with van der Waals surface area (Å²) in [5, 5.41) is 5.65. The number of ether oxygens (including phenoxy) is 1. The number of nitrogens with one attached hydrogen (secondary N) is 1. The van der Waals surface area contributed by atoms with E-state index in [4.69, 9.17) is 11.6 Å². The molecule has 130 valence electrons. The Bertz CT molecular complexity index is 1080. The van der Waals surface area contributed by atoms with Crippen LogP contribution in [-0.4, -0.2) is 31.3 Å². The normalized spacial score (nSPS) is 11.5. The van der Waals surface area contributed by atoms with Crippen LogP contribution in [0.25, 0.3) is 10.8 Å². The highest BCUT2D eigenvalue weighted by Gasteiger charge is 2.21. The molecule has 0 aliphatic rings. The number of halogens is 1. The molecule has 7 nitrogen and oxygen atoms in total. The van der Waals surface area contributed by atoms with Gasteiger partial charge in [0.25, 0.3) is 10.0 Å². The number of carbonyl (C=O) groups excluding carboxylic acids is 1. The van der Waals surface area contributed by atoms with E-state index in [1.807, 2.05) is 0 Å². The molecule has 1 aromatic heterocycles. The van der Waals surface area contributed by atoms with Crippen molar-refractivity contribution in [2.75, 3.05) is 11.8 Å². The fraction of sp³-hybridized carbons (Fsp3) is 0.125. The lowest BCUT2D eigenvalue weighted by atomic mass is 10.1. The number of esters is 1. The molecule has 25 heavy (non-hydrogen) atoms. The van der Waals surface area contributed by atoms with E-state index in [0.717, 1.165) is 5.39 Å². The molecule has 0 amide bonds. The Morgan fingerprint density at radius 3 is 2.72 bits per heavy atom. The summed E-state index contributed by atoms with van der Waals surface area (Å²) in [7, 11) is -1.18. The van der Waals surface area contributed by atoms with Crippen LogP contribution in [0.2, 0.25) is 5.02 Å². The maximum atomic E-state index is 12.8. The molecule has 0 aliphatic carbocycles. The summed E-state index contributed by atoms with van der Waals surface area (Å²) in [4.78, 5) is 11.7. The van der Waals surface area contributed by atoms with Gasteiger partial charge in [0.05, 0.1) is 12.0 Å². The van der Waals surface area contributed by atoms with Crippen LogP contribution in [0.15, 0.2) is 47.4 Å². The quantitative estimate of drug-likeness (QED) is 0.704. The third kappa shape index (κ3) is 3.31. The Labute approximate surface area is 149 Å². The third-order valence-electron chi connectivity index (χ3n) is 3.61. The summed E-state index contributed by atoms with van der Waals surface area (Å²) < 4.78 is 33.8. The highest BCUT2D eigenvalue weighted by molar-refractivity contribution is 7.93. The van der Waals surface area contributed by atoms with Crippen LogP contribution in [0.1, 0.15) is 10.5 Å². The first kappa shape index (κ1) is 17.2. The smallest absolute Gasteiger partial charge is 0.356 e. The van der Waals surface area contributed by atoms with Gasteiger partial charge in [-0.15, -0.1) is 0 Å². The summed E-state index contributed by atoms with van der Waals surface area (Å²) in [6.07, 6.45) is 0. The van der Waals surface area contributed by atoms with Crippen molar-refractivity contribution in [3.63, 3.8) is 0 Å². The monoisotopic (exact) mass is 379 g/mol. The number of hydrogen-bond acceptors (Lipinski definition) is 5. The molecule has 0 aliphatic heterocycles. The molecular weight excluding hydrogens is 366 g/mol. The molecule has 3 rings (SSSR count). The summed E-state index contributed by atoms with van der Waals surface area (Å²) in [5.41, 5.74) is 0.126. The Morgan fingerprint density at radius 1 is 1.24 bits per heavy atom.